The van der Waals surface area contributed by atoms with E-state index >= 15 is 0 Å². The van der Waals surface area contributed by atoms with Crippen LogP contribution in [-0.4, -0.2) is 42.9 Å². The van der Waals surface area contributed by atoms with Gasteiger partial charge in [-0.3, -0.25) is 10.2 Å². The molecule has 0 fully saturated rings. The Labute approximate surface area is 230 Å². The lowest BCUT2D eigenvalue weighted by molar-refractivity contribution is -0.122. The van der Waals surface area contributed by atoms with Gasteiger partial charge in [0.15, 0.2) is 0 Å². The number of carbonyl (C=O) groups excluding carboxylic acids is 2. The molecule has 3 amide bonds. The molecule has 8 nitrogen and oxygen atoms in total. The zero-order valence-electron chi connectivity index (χ0n) is 23.9. The van der Waals surface area contributed by atoms with E-state index in [1.165, 1.54) is 102 Å². The van der Waals surface area contributed by atoms with Gasteiger partial charge in [-0.2, -0.15) is 0 Å². The maximum Gasteiger partial charge on any atom is 0.333 e. The number of hydrogen-bond acceptors (Lipinski definition) is 5. The SMILES string of the molecule is CCCCCCCCCCCCCCCCC(C)OCCNC(=O)NNC(=O)CCOc1ccc(O)cc1. The molecule has 0 saturated carbocycles. The predicted molar refractivity (Wildman–Crippen MR) is 153 cm³/mol. The Kier molecular flexibility index (Phi) is 20.9. The number of carbonyl (C=O) groups is 2. The van der Waals surface area contributed by atoms with Crippen LogP contribution in [0.3, 0.4) is 0 Å². The molecule has 4 N–H and O–H groups in total. The van der Waals surface area contributed by atoms with E-state index in [0.717, 1.165) is 6.42 Å². The lowest BCUT2D eigenvalue weighted by atomic mass is 10.0. The van der Waals surface area contributed by atoms with Gasteiger partial charge in [-0.15, -0.1) is 0 Å². The maximum atomic E-state index is 11.8. The number of amides is 3. The van der Waals surface area contributed by atoms with Gasteiger partial charge >= 0.3 is 6.03 Å². The third-order valence-electron chi connectivity index (χ3n) is 6.50. The first kappa shape index (κ1) is 33.5. The van der Waals surface area contributed by atoms with Crippen LogP contribution in [0.2, 0.25) is 0 Å². The summed E-state index contributed by atoms with van der Waals surface area (Å²) in [6, 6.07) is 5.75. The van der Waals surface area contributed by atoms with Crippen molar-refractivity contribution in [3.05, 3.63) is 24.3 Å². The molecule has 0 bridgehead atoms. The van der Waals surface area contributed by atoms with Crippen LogP contribution in [0.1, 0.15) is 117 Å². The van der Waals surface area contributed by atoms with Crippen LogP contribution < -0.4 is 20.9 Å². The van der Waals surface area contributed by atoms with Crippen LogP contribution in [0.4, 0.5) is 4.79 Å². The zero-order chi connectivity index (χ0) is 27.7. The van der Waals surface area contributed by atoms with Gasteiger partial charge < -0.3 is 19.9 Å². The fourth-order valence-electron chi connectivity index (χ4n) is 4.17. The second-order valence-corrected chi connectivity index (χ2v) is 10.1. The lowest BCUT2D eigenvalue weighted by Gasteiger charge is -2.14. The van der Waals surface area contributed by atoms with Crippen molar-refractivity contribution in [3.63, 3.8) is 0 Å². The Morgan fingerprint density at radius 1 is 0.789 bits per heavy atom. The van der Waals surface area contributed by atoms with Crippen molar-refractivity contribution in [2.45, 2.75) is 123 Å². The zero-order valence-corrected chi connectivity index (χ0v) is 23.9. The van der Waals surface area contributed by atoms with E-state index in [9.17, 15) is 14.7 Å². The van der Waals surface area contributed by atoms with E-state index in [4.69, 9.17) is 9.47 Å². The summed E-state index contributed by atoms with van der Waals surface area (Å²) in [5, 5.41) is 11.9. The molecule has 218 valence electrons. The molecule has 1 aromatic rings. The van der Waals surface area contributed by atoms with Crippen molar-refractivity contribution >= 4 is 11.9 Å². The maximum absolute atomic E-state index is 11.8. The summed E-state index contributed by atoms with van der Waals surface area (Å²) in [5.41, 5.74) is 4.65. The summed E-state index contributed by atoms with van der Waals surface area (Å²) in [4.78, 5) is 23.6. The molecule has 1 rings (SSSR count). The third kappa shape index (κ3) is 20.6. The minimum Gasteiger partial charge on any atom is -0.508 e. The molecule has 8 heteroatoms. The van der Waals surface area contributed by atoms with Gasteiger partial charge in [-0.1, -0.05) is 96.8 Å². The van der Waals surface area contributed by atoms with E-state index in [0.29, 0.717) is 18.9 Å². The largest absolute Gasteiger partial charge is 0.508 e. The van der Waals surface area contributed by atoms with Gasteiger partial charge in [0, 0.05) is 6.54 Å². The number of hydrazine groups is 1. The summed E-state index contributed by atoms with van der Waals surface area (Å²) >= 11 is 0. The molecular formula is C30H53N3O5. The van der Waals surface area contributed by atoms with Crippen LogP contribution in [0.5, 0.6) is 11.5 Å². The van der Waals surface area contributed by atoms with Crippen molar-refractivity contribution in [2.24, 2.45) is 0 Å². The van der Waals surface area contributed by atoms with E-state index in [-0.39, 0.29) is 30.8 Å². The van der Waals surface area contributed by atoms with Crippen molar-refractivity contribution in [1.82, 2.24) is 16.2 Å². The van der Waals surface area contributed by atoms with Crippen molar-refractivity contribution < 1.29 is 24.2 Å². The van der Waals surface area contributed by atoms with E-state index in [1.807, 2.05) is 0 Å². The van der Waals surface area contributed by atoms with Gasteiger partial charge in [-0.25, -0.2) is 10.2 Å². The smallest absolute Gasteiger partial charge is 0.333 e. The Hall–Kier alpha value is -2.48. The summed E-state index contributed by atoms with van der Waals surface area (Å²) in [7, 11) is 0. The Morgan fingerprint density at radius 3 is 1.92 bits per heavy atom. The summed E-state index contributed by atoms with van der Waals surface area (Å²) in [6.07, 6.45) is 20.3. The van der Waals surface area contributed by atoms with Crippen LogP contribution in [0, 0.1) is 0 Å². The van der Waals surface area contributed by atoms with E-state index in [1.54, 1.807) is 12.1 Å². The second-order valence-electron chi connectivity index (χ2n) is 10.1. The second kappa shape index (κ2) is 23.6. The Balaban J connectivity index is 1.85. The highest BCUT2D eigenvalue weighted by atomic mass is 16.5. The molecule has 0 radical (unpaired) electrons. The number of urea groups is 1. The van der Waals surface area contributed by atoms with E-state index < -0.39 is 6.03 Å². The summed E-state index contributed by atoms with van der Waals surface area (Å²) in [6.45, 7) is 5.30. The normalized spacial score (nSPS) is 11.6. The third-order valence-corrected chi connectivity index (χ3v) is 6.50. The molecule has 0 heterocycles. The summed E-state index contributed by atoms with van der Waals surface area (Å²) in [5.74, 6) is 0.340. The molecular weight excluding hydrogens is 482 g/mol. The topological polar surface area (TPSA) is 109 Å². The number of phenolic OH excluding ortho intramolecular Hbond substituents is 1. The van der Waals surface area contributed by atoms with Gasteiger partial charge in [-0.05, 0) is 37.6 Å². The number of ether oxygens (including phenoxy) is 2. The van der Waals surface area contributed by atoms with Gasteiger partial charge in [0.2, 0.25) is 5.91 Å². The first-order valence-electron chi connectivity index (χ1n) is 14.9. The van der Waals surface area contributed by atoms with Crippen LogP contribution in [0.15, 0.2) is 24.3 Å². The molecule has 0 saturated heterocycles. The highest BCUT2D eigenvalue weighted by Crippen LogP contribution is 2.16. The number of phenols is 1. The average molecular weight is 536 g/mol. The molecule has 0 aliphatic rings. The molecule has 0 aliphatic carbocycles. The lowest BCUT2D eigenvalue weighted by Crippen LogP contribution is -2.47. The van der Waals surface area contributed by atoms with Gasteiger partial charge in [0.1, 0.15) is 11.5 Å². The minimum atomic E-state index is -0.485. The van der Waals surface area contributed by atoms with Gasteiger partial charge in [0.05, 0.1) is 25.7 Å². The van der Waals surface area contributed by atoms with Crippen LogP contribution in [0.25, 0.3) is 0 Å². The minimum absolute atomic E-state index is 0.0844. The number of unbranched alkanes of at least 4 members (excludes halogenated alkanes) is 13. The number of rotatable bonds is 23. The number of nitrogens with one attached hydrogen (secondary N) is 3. The molecule has 1 aromatic carbocycles. The first-order chi connectivity index (χ1) is 18.5. The average Bonchev–Trinajstić information content (AvgIpc) is 2.91. The first-order valence-corrected chi connectivity index (χ1v) is 14.9. The fourth-order valence-corrected chi connectivity index (χ4v) is 4.17. The van der Waals surface area contributed by atoms with E-state index in [2.05, 4.69) is 30.0 Å². The molecule has 1 unspecified atom stereocenters. The molecule has 0 aromatic heterocycles. The monoisotopic (exact) mass is 535 g/mol. The molecule has 0 aliphatic heterocycles. The Bertz CT molecular complexity index is 714. The number of aromatic hydroxyl groups is 1. The number of hydrogen-bond donors (Lipinski definition) is 4. The molecule has 0 spiro atoms. The van der Waals surface area contributed by atoms with Crippen molar-refractivity contribution in [1.29, 1.82) is 0 Å². The highest BCUT2D eigenvalue weighted by Gasteiger charge is 2.06. The van der Waals surface area contributed by atoms with Gasteiger partial charge in [0.25, 0.3) is 0 Å². The highest BCUT2D eigenvalue weighted by molar-refractivity contribution is 5.81. The van der Waals surface area contributed by atoms with Crippen molar-refractivity contribution in [3.8, 4) is 11.5 Å². The standard InChI is InChI=1S/C30H53N3O5/c1-3-4-5-6-7-8-9-10-11-12-13-14-15-16-17-26(2)37-25-23-31-30(36)33-32-29(35)22-24-38-28-20-18-27(34)19-21-28/h18-21,26,34H,3-17,22-25H2,1-2H3,(H,32,35)(H2,31,33,36). The fraction of sp³-hybridized carbons (Fsp3) is 0.733. The molecule has 1 atom stereocenters. The summed E-state index contributed by atoms with van der Waals surface area (Å²) < 4.78 is 11.2. The quantitative estimate of drug-likeness (QED) is 0.0913. The van der Waals surface area contributed by atoms with Crippen LogP contribution in [-0.2, 0) is 9.53 Å². The number of benzene rings is 1. The van der Waals surface area contributed by atoms with Crippen LogP contribution >= 0.6 is 0 Å². The van der Waals surface area contributed by atoms with Crippen molar-refractivity contribution in [2.75, 3.05) is 19.8 Å². The predicted octanol–water partition coefficient (Wildman–Crippen LogP) is 6.77. The molecule has 38 heavy (non-hydrogen) atoms. The Morgan fingerprint density at radius 2 is 1.34 bits per heavy atom.